The monoisotopic (exact) mass is 354 g/mol. The molecule has 0 amide bonds. The molecule has 2 aromatic rings. The van der Waals surface area contributed by atoms with E-state index in [2.05, 4.69) is 67.3 Å². The number of aromatic nitrogens is 2. The highest BCUT2D eigenvalue weighted by atomic mass is 15.3. The minimum Gasteiger partial charge on any atom is -0.356 e. The van der Waals surface area contributed by atoms with Crippen molar-refractivity contribution in [2.45, 2.75) is 44.9 Å². The molecule has 1 saturated heterocycles. The fourth-order valence-electron chi connectivity index (χ4n) is 3.52. The van der Waals surface area contributed by atoms with Crippen molar-refractivity contribution in [3.05, 3.63) is 54.6 Å². The number of likely N-dealkylation sites (tertiary alicyclic amines) is 1. The second-order valence-corrected chi connectivity index (χ2v) is 6.99. The first-order valence-corrected chi connectivity index (χ1v) is 9.45. The Labute approximate surface area is 156 Å². The van der Waals surface area contributed by atoms with Crippen molar-refractivity contribution in [2.75, 3.05) is 20.1 Å². The molecular formula is C20H30N6. The van der Waals surface area contributed by atoms with Gasteiger partial charge in [-0.2, -0.15) is 0 Å². The van der Waals surface area contributed by atoms with Crippen LogP contribution in [0.3, 0.4) is 0 Å². The lowest BCUT2D eigenvalue weighted by molar-refractivity contribution is 0.258. The normalized spacial score (nSPS) is 21.1. The lowest BCUT2D eigenvalue weighted by atomic mass is 10.2. The van der Waals surface area contributed by atoms with Gasteiger partial charge >= 0.3 is 0 Å². The fraction of sp³-hybridized carbons (Fsp3) is 0.500. The average Bonchev–Trinajstić information content (AvgIpc) is 3.29. The molecule has 140 valence electrons. The minimum absolute atomic E-state index is 0.438. The van der Waals surface area contributed by atoms with Gasteiger partial charge in [0.1, 0.15) is 0 Å². The van der Waals surface area contributed by atoms with Gasteiger partial charge in [-0.3, -0.25) is 9.89 Å². The lowest BCUT2D eigenvalue weighted by Gasteiger charge is -2.21. The number of imidazole rings is 1. The molecule has 6 nitrogen and oxygen atoms in total. The summed E-state index contributed by atoms with van der Waals surface area (Å²) in [5.74, 6) is 0.898. The van der Waals surface area contributed by atoms with Crippen LogP contribution in [-0.2, 0) is 13.1 Å². The zero-order valence-corrected chi connectivity index (χ0v) is 15.8. The van der Waals surface area contributed by atoms with E-state index in [9.17, 15) is 0 Å². The zero-order valence-electron chi connectivity index (χ0n) is 15.8. The summed E-state index contributed by atoms with van der Waals surface area (Å²) in [5, 5.41) is 7.01. The largest absolute Gasteiger partial charge is 0.356 e. The molecule has 1 aromatic heterocycles. The molecule has 1 fully saturated rings. The highest BCUT2D eigenvalue weighted by Crippen LogP contribution is 2.20. The van der Waals surface area contributed by atoms with Crippen molar-refractivity contribution < 1.29 is 0 Å². The Balaban J connectivity index is 1.41. The van der Waals surface area contributed by atoms with Crippen LogP contribution in [0.15, 0.2) is 54.0 Å². The third-order valence-electron chi connectivity index (χ3n) is 4.94. The Morgan fingerprint density at radius 3 is 2.88 bits per heavy atom. The molecule has 6 heteroatoms. The summed E-state index contributed by atoms with van der Waals surface area (Å²) in [5.41, 5.74) is 1.38. The Morgan fingerprint density at radius 1 is 1.31 bits per heavy atom. The molecule has 2 atom stereocenters. The Hall–Kier alpha value is -2.34. The molecule has 1 aliphatic heterocycles. The first-order chi connectivity index (χ1) is 12.7. The second-order valence-electron chi connectivity index (χ2n) is 6.99. The molecular weight excluding hydrogens is 324 g/mol. The van der Waals surface area contributed by atoms with Gasteiger partial charge in [0.25, 0.3) is 0 Å². The van der Waals surface area contributed by atoms with Crippen molar-refractivity contribution in [2.24, 2.45) is 4.99 Å². The Kier molecular flexibility index (Phi) is 6.66. The summed E-state index contributed by atoms with van der Waals surface area (Å²) < 4.78 is 2.10. The topological polar surface area (TPSA) is 57.5 Å². The zero-order chi connectivity index (χ0) is 18.2. The highest BCUT2D eigenvalue weighted by Gasteiger charge is 2.29. The van der Waals surface area contributed by atoms with Crippen molar-refractivity contribution in [3.63, 3.8) is 0 Å². The molecule has 2 heterocycles. The molecule has 3 rings (SSSR count). The van der Waals surface area contributed by atoms with Gasteiger partial charge in [0.05, 0.1) is 6.33 Å². The van der Waals surface area contributed by atoms with Crippen molar-refractivity contribution >= 4 is 5.96 Å². The van der Waals surface area contributed by atoms with E-state index in [1.54, 1.807) is 0 Å². The minimum atomic E-state index is 0.438. The first-order valence-electron chi connectivity index (χ1n) is 9.45. The number of rotatable bonds is 7. The van der Waals surface area contributed by atoms with Gasteiger partial charge < -0.3 is 15.2 Å². The van der Waals surface area contributed by atoms with E-state index in [0.717, 1.165) is 45.0 Å². The molecule has 0 aliphatic carbocycles. The van der Waals surface area contributed by atoms with Gasteiger partial charge in [-0.25, -0.2) is 4.98 Å². The van der Waals surface area contributed by atoms with Crippen LogP contribution in [0.4, 0.5) is 0 Å². The van der Waals surface area contributed by atoms with Crippen LogP contribution in [0.5, 0.6) is 0 Å². The predicted octanol–water partition coefficient (Wildman–Crippen LogP) is 2.10. The number of aryl methyl sites for hydroxylation is 1. The predicted molar refractivity (Wildman–Crippen MR) is 106 cm³/mol. The maximum atomic E-state index is 4.38. The molecule has 2 unspecified atom stereocenters. The van der Waals surface area contributed by atoms with Gasteiger partial charge in [0, 0.05) is 57.7 Å². The molecule has 1 aromatic carbocycles. The summed E-state index contributed by atoms with van der Waals surface area (Å²) in [6.45, 7) is 6.23. The number of benzene rings is 1. The van der Waals surface area contributed by atoms with Crippen LogP contribution < -0.4 is 10.6 Å². The third-order valence-corrected chi connectivity index (χ3v) is 4.94. The number of aliphatic imine (C=N–C) groups is 1. The van der Waals surface area contributed by atoms with Crippen LogP contribution in [-0.4, -0.2) is 52.6 Å². The number of hydrogen-bond donors (Lipinski definition) is 2. The molecule has 2 N–H and O–H groups in total. The van der Waals surface area contributed by atoms with Gasteiger partial charge in [-0.15, -0.1) is 0 Å². The third kappa shape index (κ3) is 5.33. The quantitative estimate of drug-likeness (QED) is 0.454. The number of nitrogens with zero attached hydrogens (tertiary/aromatic N) is 4. The molecule has 0 bridgehead atoms. The van der Waals surface area contributed by atoms with E-state index < -0.39 is 0 Å². The molecule has 0 saturated carbocycles. The molecule has 0 radical (unpaired) electrons. The number of nitrogens with one attached hydrogen (secondary N) is 2. The maximum Gasteiger partial charge on any atom is 0.191 e. The van der Waals surface area contributed by atoms with Gasteiger partial charge in [-0.05, 0) is 25.3 Å². The van der Waals surface area contributed by atoms with Crippen LogP contribution >= 0.6 is 0 Å². The van der Waals surface area contributed by atoms with E-state index in [4.69, 9.17) is 0 Å². The average molecular weight is 355 g/mol. The lowest BCUT2D eigenvalue weighted by Crippen LogP contribution is -2.44. The van der Waals surface area contributed by atoms with Crippen LogP contribution in [0, 0.1) is 0 Å². The van der Waals surface area contributed by atoms with E-state index in [0.29, 0.717) is 12.1 Å². The molecule has 0 spiro atoms. The van der Waals surface area contributed by atoms with Crippen molar-refractivity contribution in [1.82, 2.24) is 25.1 Å². The maximum absolute atomic E-state index is 4.38. The Morgan fingerprint density at radius 2 is 2.15 bits per heavy atom. The smallest absolute Gasteiger partial charge is 0.191 e. The van der Waals surface area contributed by atoms with Gasteiger partial charge in [0.2, 0.25) is 0 Å². The number of guanidine groups is 1. The summed E-state index contributed by atoms with van der Waals surface area (Å²) in [6.07, 6.45) is 7.85. The van der Waals surface area contributed by atoms with Crippen molar-refractivity contribution in [3.8, 4) is 0 Å². The van der Waals surface area contributed by atoms with E-state index >= 15 is 0 Å². The molecule has 1 aliphatic rings. The molecule has 26 heavy (non-hydrogen) atoms. The fourth-order valence-corrected chi connectivity index (χ4v) is 3.52. The van der Waals surface area contributed by atoms with Gasteiger partial charge in [-0.1, -0.05) is 30.3 Å². The van der Waals surface area contributed by atoms with Crippen molar-refractivity contribution in [1.29, 1.82) is 0 Å². The second kappa shape index (κ2) is 9.38. The van der Waals surface area contributed by atoms with Crippen LogP contribution in [0.2, 0.25) is 0 Å². The summed E-state index contributed by atoms with van der Waals surface area (Å²) in [7, 11) is 1.84. The van der Waals surface area contributed by atoms with Crippen LogP contribution in [0.1, 0.15) is 25.3 Å². The SMILES string of the molecule is CN=C(NCCCn1ccnc1)NC1CC(C)N(Cc2ccccc2)C1. The Bertz CT molecular complexity index is 667. The highest BCUT2D eigenvalue weighted by molar-refractivity contribution is 5.80. The summed E-state index contributed by atoms with van der Waals surface area (Å²) >= 11 is 0. The number of hydrogen-bond acceptors (Lipinski definition) is 3. The van der Waals surface area contributed by atoms with E-state index in [1.165, 1.54) is 5.56 Å². The van der Waals surface area contributed by atoms with E-state index in [1.807, 2.05) is 25.8 Å². The standard InChI is InChI=1S/C20H30N6/c1-17-13-19(15-26(17)14-18-7-4-3-5-8-18)24-20(21-2)23-9-6-11-25-12-10-22-16-25/h3-5,7-8,10,12,16-17,19H,6,9,11,13-15H2,1-2H3,(H2,21,23,24). The van der Waals surface area contributed by atoms with Crippen LogP contribution in [0.25, 0.3) is 0 Å². The van der Waals surface area contributed by atoms with Gasteiger partial charge in [0.15, 0.2) is 5.96 Å². The summed E-state index contributed by atoms with van der Waals surface area (Å²) in [4.78, 5) is 11.0. The summed E-state index contributed by atoms with van der Waals surface area (Å²) in [6, 6.07) is 11.7. The van der Waals surface area contributed by atoms with E-state index in [-0.39, 0.29) is 0 Å². The first kappa shape index (κ1) is 18.5.